The Labute approximate surface area is 175 Å². The molecule has 0 amide bonds. The molecule has 0 saturated carbocycles. The number of nitriles is 1. The van der Waals surface area contributed by atoms with Gasteiger partial charge in [0.15, 0.2) is 5.72 Å². The van der Waals surface area contributed by atoms with Crippen LogP contribution >= 0.6 is 11.3 Å². The fourth-order valence-electron chi connectivity index (χ4n) is 6.03. The van der Waals surface area contributed by atoms with Crippen LogP contribution in [0.2, 0.25) is 0 Å². The Morgan fingerprint density at radius 3 is 2.31 bits per heavy atom. The predicted molar refractivity (Wildman–Crippen MR) is 112 cm³/mol. The highest BCUT2D eigenvalue weighted by molar-refractivity contribution is 7.16. The molecule has 1 aromatic carbocycles. The second-order valence-corrected chi connectivity index (χ2v) is 10.2. The zero-order valence-corrected chi connectivity index (χ0v) is 17.2. The molecule has 4 aliphatic heterocycles. The number of hydrogen-bond acceptors (Lipinski definition) is 7. The minimum absolute atomic E-state index is 0.357. The molecular formula is C22H25N5OS. The van der Waals surface area contributed by atoms with Crippen molar-refractivity contribution in [3.8, 4) is 6.07 Å². The molecular weight excluding hydrogens is 382 g/mol. The third-order valence-corrected chi connectivity index (χ3v) is 8.27. The van der Waals surface area contributed by atoms with Crippen LogP contribution in [-0.2, 0) is 18.6 Å². The van der Waals surface area contributed by atoms with E-state index in [1.165, 1.54) is 10.4 Å². The Balaban J connectivity index is 1.47. The Kier molecular flexibility index (Phi) is 3.87. The molecule has 4 bridgehead atoms. The molecule has 0 unspecified atom stereocenters. The van der Waals surface area contributed by atoms with Crippen molar-refractivity contribution in [1.82, 2.24) is 14.7 Å². The van der Waals surface area contributed by atoms with Crippen LogP contribution in [0, 0.1) is 16.7 Å². The molecule has 5 heterocycles. The van der Waals surface area contributed by atoms with E-state index in [1.807, 2.05) is 30.3 Å². The summed E-state index contributed by atoms with van der Waals surface area (Å²) >= 11 is 1.66. The first-order valence-corrected chi connectivity index (χ1v) is 11.2. The molecule has 1 aromatic heterocycles. The van der Waals surface area contributed by atoms with E-state index in [0.717, 1.165) is 75.0 Å². The summed E-state index contributed by atoms with van der Waals surface area (Å²) in [5.41, 5.74) is 1.21. The number of thiophene rings is 1. The molecule has 0 spiro atoms. The van der Waals surface area contributed by atoms with E-state index in [0.29, 0.717) is 0 Å². The second kappa shape index (κ2) is 6.27. The topological polar surface area (TPSA) is 65.8 Å². The normalized spacial score (nSPS) is 33.9. The van der Waals surface area contributed by atoms with Gasteiger partial charge in [-0.3, -0.25) is 14.7 Å². The van der Waals surface area contributed by atoms with Crippen LogP contribution in [0.25, 0.3) is 0 Å². The molecule has 0 radical (unpaired) electrons. The van der Waals surface area contributed by atoms with Gasteiger partial charge in [-0.1, -0.05) is 30.3 Å². The average molecular weight is 408 g/mol. The highest BCUT2D eigenvalue weighted by Gasteiger charge is 2.60. The summed E-state index contributed by atoms with van der Waals surface area (Å²) in [6.45, 7) is 5.47. The number of aliphatic hydroxyl groups is 1. The van der Waals surface area contributed by atoms with Crippen molar-refractivity contribution >= 4 is 16.3 Å². The summed E-state index contributed by atoms with van der Waals surface area (Å²) < 4.78 is 0. The maximum Gasteiger partial charge on any atom is 0.172 e. The number of anilines is 1. The molecule has 29 heavy (non-hydrogen) atoms. The van der Waals surface area contributed by atoms with E-state index in [-0.39, 0.29) is 5.41 Å². The van der Waals surface area contributed by atoms with E-state index in [1.54, 1.807) is 11.3 Å². The fourth-order valence-corrected chi connectivity index (χ4v) is 7.32. The predicted octanol–water partition coefficient (Wildman–Crippen LogP) is 2.17. The van der Waals surface area contributed by atoms with Crippen molar-refractivity contribution in [3.05, 3.63) is 51.9 Å². The lowest BCUT2D eigenvalue weighted by Gasteiger charge is -2.64. The van der Waals surface area contributed by atoms with E-state index in [4.69, 9.17) is 0 Å². The van der Waals surface area contributed by atoms with Crippen molar-refractivity contribution in [2.45, 2.75) is 25.0 Å². The molecule has 5 aliphatic rings. The maximum atomic E-state index is 12.4. The first kappa shape index (κ1) is 17.9. The third kappa shape index (κ3) is 2.54. The van der Waals surface area contributed by atoms with Gasteiger partial charge in [0, 0.05) is 30.1 Å². The summed E-state index contributed by atoms with van der Waals surface area (Å²) in [4.78, 5) is 8.57. The van der Waals surface area contributed by atoms with Crippen molar-refractivity contribution < 1.29 is 5.11 Å². The van der Waals surface area contributed by atoms with E-state index in [9.17, 15) is 10.4 Å². The second-order valence-electron chi connectivity index (χ2n) is 9.07. The molecule has 150 valence electrons. The number of aryl methyl sites for hydroxylation is 1. The first-order chi connectivity index (χ1) is 14.1. The Morgan fingerprint density at radius 1 is 1.03 bits per heavy atom. The smallest absolute Gasteiger partial charge is 0.172 e. The highest BCUT2D eigenvalue weighted by atomic mass is 32.1. The van der Waals surface area contributed by atoms with Gasteiger partial charge in [-0.2, -0.15) is 5.26 Å². The lowest BCUT2D eigenvalue weighted by molar-refractivity contribution is -0.231. The molecule has 2 N–H and O–H groups in total. The lowest BCUT2D eigenvalue weighted by atomic mass is 9.69. The van der Waals surface area contributed by atoms with E-state index in [2.05, 4.69) is 26.1 Å². The highest BCUT2D eigenvalue weighted by Crippen LogP contribution is 2.50. The van der Waals surface area contributed by atoms with Crippen molar-refractivity contribution in [2.24, 2.45) is 5.41 Å². The minimum atomic E-state index is -1.24. The minimum Gasteiger partial charge on any atom is -0.366 e. The standard InChI is InChI=1S/C22H25N5OS/c23-9-18-17-7-4-8-19(17)29-20(18)24-22(28,16-5-2-1-3-6-16)21-10-25-13-26(11-21)15-27(12-21)14-25/h1-3,5-6,24,28H,4,7-8,10-15H2/t22-/m1/s1. The molecule has 1 atom stereocenters. The Hall–Kier alpha value is -1.95. The van der Waals surface area contributed by atoms with Gasteiger partial charge in [-0.05, 0) is 24.8 Å². The van der Waals surface area contributed by atoms with Gasteiger partial charge in [0.2, 0.25) is 0 Å². The summed E-state index contributed by atoms with van der Waals surface area (Å²) in [5.74, 6) is 0. The lowest BCUT2D eigenvalue weighted by Crippen LogP contribution is -2.78. The number of rotatable bonds is 4. The van der Waals surface area contributed by atoms with Crippen LogP contribution in [0.1, 0.15) is 28.0 Å². The molecule has 1 aliphatic carbocycles. The SMILES string of the molecule is N#Cc1c(N[C@@](O)(c2ccccc2)C23CN4CN(CN(C4)C2)C3)sc2c1CCC2. The van der Waals surface area contributed by atoms with Crippen LogP contribution in [0.4, 0.5) is 5.00 Å². The van der Waals surface area contributed by atoms with Crippen LogP contribution in [-0.4, -0.2) is 59.4 Å². The van der Waals surface area contributed by atoms with Crippen LogP contribution in [0.15, 0.2) is 30.3 Å². The summed E-state index contributed by atoms with van der Waals surface area (Å²) in [5, 5.41) is 26.7. The van der Waals surface area contributed by atoms with Gasteiger partial charge < -0.3 is 10.4 Å². The Bertz CT molecular complexity index is 961. The summed E-state index contributed by atoms with van der Waals surface area (Å²) in [6.07, 6.45) is 3.14. The molecule has 7 rings (SSSR count). The van der Waals surface area contributed by atoms with Crippen LogP contribution in [0.5, 0.6) is 0 Å². The van der Waals surface area contributed by atoms with Crippen molar-refractivity contribution in [1.29, 1.82) is 5.26 Å². The number of nitrogens with one attached hydrogen (secondary N) is 1. The van der Waals surface area contributed by atoms with Crippen LogP contribution < -0.4 is 5.32 Å². The summed E-state index contributed by atoms with van der Waals surface area (Å²) in [7, 11) is 0. The zero-order valence-electron chi connectivity index (χ0n) is 16.4. The molecule has 6 nitrogen and oxygen atoms in total. The van der Waals surface area contributed by atoms with Crippen LogP contribution in [0.3, 0.4) is 0 Å². The van der Waals surface area contributed by atoms with Gasteiger partial charge in [0.1, 0.15) is 11.1 Å². The zero-order chi connectivity index (χ0) is 19.6. The first-order valence-electron chi connectivity index (χ1n) is 10.4. The monoisotopic (exact) mass is 407 g/mol. The quantitative estimate of drug-likeness (QED) is 0.758. The number of benzene rings is 1. The number of hydrogen-bond donors (Lipinski definition) is 2. The van der Waals surface area contributed by atoms with Gasteiger partial charge in [-0.15, -0.1) is 11.3 Å². The van der Waals surface area contributed by atoms with Crippen molar-refractivity contribution in [2.75, 3.05) is 45.0 Å². The van der Waals surface area contributed by atoms with E-state index >= 15 is 0 Å². The summed E-state index contributed by atoms with van der Waals surface area (Å²) in [6, 6.07) is 12.4. The third-order valence-electron chi connectivity index (χ3n) is 7.07. The van der Waals surface area contributed by atoms with Gasteiger partial charge in [0.25, 0.3) is 0 Å². The fraction of sp³-hybridized carbons (Fsp3) is 0.500. The molecule has 4 saturated heterocycles. The van der Waals surface area contributed by atoms with E-state index < -0.39 is 5.72 Å². The largest absolute Gasteiger partial charge is 0.366 e. The molecule has 2 aromatic rings. The average Bonchev–Trinajstić information content (AvgIpc) is 3.28. The van der Waals surface area contributed by atoms with Gasteiger partial charge >= 0.3 is 0 Å². The molecule has 7 heteroatoms. The molecule has 4 fully saturated rings. The van der Waals surface area contributed by atoms with Crippen molar-refractivity contribution in [3.63, 3.8) is 0 Å². The maximum absolute atomic E-state index is 12.4. The van der Waals surface area contributed by atoms with Gasteiger partial charge in [-0.25, -0.2) is 0 Å². The van der Waals surface area contributed by atoms with Gasteiger partial charge in [0.05, 0.1) is 31.0 Å². The Morgan fingerprint density at radius 2 is 1.69 bits per heavy atom. The number of fused-ring (bicyclic) bond motifs is 1. The number of nitrogens with zero attached hydrogens (tertiary/aromatic N) is 4.